The first-order valence-corrected chi connectivity index (χ1v) is 8.51. The summed E-state index contributed by atoms with van der Waals surface area (Å²) in [5.74, 6) is -0.812. The summed E-state index contributed by atoms with van der Waals surface area (Å²) in [4.78, 5) is 16.3. The minimum atomic E-state index is -0.570. The number of amides is 1. The highest BCUT2D eigenvalue weighted by Gasteiger charge is 2.13. The molecule has 5 heteroatoms. The number of hydrogen-bond donors (Lipinski definition) is 2. The highest BCUT2D eigenvalue weighted by Crippen LogP contribution is 2.22. The second-order valence-electron chi connectivity index (χ2n) is 5.97. The molecule has 3 rings (SSSR count). The van der Waals surface area contributed by atoms with Crippen LogP contribution >= 0.6 is 0 Å². The van der Waals surface area contributed by atoms with Gasteiger partial charge in [-0.2, -0.15) is 0 Å². The third-order valence-electron chi connectivity index (χ3n) is 4.10. The number of carbonyl (C=O) groups is 1. The van der Waals surface area contributed by atoms with Crippen LogP contribution in [0.15, 0.2) is 79.1 Å². The minimum absolute atomic E-state index is 0.254. The number of nitrogens with zero attached hydrogens (tertiary/aromatic N) is 1. The van der Waals surface area contributed by atoms with E-state index >= 15 is 0 Å². The average Bonchev–Trinajstić information content (AvgIpc) is 2.72. The molecular weight excluding hydrogens is 343 g/mol. The number of hydrogen-bond acceptors (Lipinski definition) is 3. The van der Waals surface area contributed by atoms with E-state index in [9.17, 15) is 14.3 Å². The zero-order chi connectivity index (χ0) is 19.1. The molecule has 1 unspecified atom stereocenters. The van der Waals surface area contributed by atoms with Crippen LogP contribution in [0, 0.1) is 5.82 Å². The average molecular weight is 362 g/mol. The number of aliphatic hydroxyl groups is 1. The molecule has 0 aliphatic rings. The van der Waals surface area contributed by atoms with Gasteiger partial charge in [0.2, 0.25) is 5.91 Å². The number of aromatic nitrogens is 1. The maximum Gasteiger partial charge on any atom is 0.244 e. The number of pyridine rings is 1. The molecule has 136 valence electrons. The van der Waals surface area contributed by atoms with Crippen LogP contribution in [-0.2, 0) is 4.79 Å². The molecule has 0 radical (unpaired) electrons. The fourth-order valence-electron chi connectivity index (χ4n) is 2.70. The predicted octanol–water partition coefficient (Wildman–Crippen LogP) is 3.75. The molecule has 0 spiro atoms. The normalized spacial score (nSPS) is 12.1. The van der Waals surface area contributed by atoms with Crippen LogP contribution in [0.4, 0.5) is 4.39 Å². The second kappa shape index (κ2) is 8.87. The van der Waals surface area contributed by atoms with Crippen molar-refractivity contribution < 1.29 is 14.3 Å². The molecule has 0 fully saturated rings. The van der Waals surface area contributed by atoms with Crippen molar-refractivity contribution in [3.8, 4) is 11.1 Å². The van der Waals surface area contributed by atoms with Gasteiger partial charge in [0, 0.05) is 24.0 Å². The van der Waals surface area contributed by atoms with E-state index in [0.717, 1.165) is 16.7 Å². The summed E-state index contributed by atoms with van der Waals surface area (Å²) < 4.78 is 13.6. The maximum atomic E-state index is 13.6. The Morgan fingerprint density at radius 3 is 2.67 bits per heavy atom. The van der Waals surface area contributed by atoms with Gasteiger partial charge in [-0.15, -0.1) is 0 Å². The van der Waals surface area contributed by atoms with Gasteiger partial charge in [-0.3, -0.25) is 9.78 Å². The van der Waals surface area contributed by atoms with Crippen LogP contribution in [0.5, 0.6) is 0 Å². The van der Waals surface area contributed by atoms with Gasteiger partial charge in [0.25, 0.3) is 0 Å². The number of aliphatic hydroxyl groups excluding tert-OH is 1. The third kappa shape index (κ3) is 4.86. The van der Waals surface area contributed by atoms with E-state index < -0.39 is 17.8 Å². The van der Waals surface area contributed by atoms with Crippen molar-refractivity contribution >= 4 is 12.0 Å². The minimum Gasteiger partial charge on any atom is -0.394 e. The fourth-order valence-corrected chi connectivity index (χ4v) is 2.70. The van der Waals surface area contributed by atoms with Crippen LogP contribution in [-0.4, -0.2) is 22.6 Å². The van der Waals surface area contributed by atoms with Crippen LogP contribution in [0.1, 0.15) is 17.2 Å². The molecule has 1 heterocycles. The highest BCUT2D eigenvalue weighted by atomic mass is 19.1. The Hall–Kier alpha value is -3.31. The molecule has 1 aromatic heterocycles. The topological polar surface area (TPSA) is 62.2 Å². The lowest BCUT2D eigenvalue weighted by Crippen LogP contribution is -2.29. The highest BCUT2D eigenvalue weighted by molar-refractivity contribution is 5.92. The third-order valence-corrected chi connectivity index (χ3v) is 4.10. The van der Waals surface area contributed by atoms with Crippen LogP contribution in [0.25, 0.3) is 17.2 Å². The molecule has 27 heavy (non-hydrogen) atoms. The van der Waals surface area contributed by atoms with Crippen molar-refractivity contribution in [1.82, 2.24) is 10.3 Å². The summed E-state index contributed by atoms with van der Waals surface area (Å²) in [7, 11) is 0. The maximum absolute atomic E-state index is 13.6. The van der Waals surface area contributed by atoms with E-state index in [1.165, 1.54) is 18.2 Å². The Kier molecular flexibility index (Phi) is 6.07. The van der Waals surface area contributed by atoms with E-state index in [4.69, 9.17) is 0 Å². The van der Waals surface area contributed by atoms with Crippen molar-refractivity contribution in [2.24, 2.45) is 0 Å². The summed E-state index contributed by atoms with van der Waals surface area (Å²) in [5, 5.41) is 12.4. The molecule has 0 bridgehead atoms. The largest absolute Gasteiger partial charge is 0.394 e. The van der Waals surface area contributed by atoms with E-state index in [0.29, 0.717) is 5.56 Å². The van der Waals surface area contributed by atoms with Crippen molar-refractivity contribution in [1.29, 1.82) is 0 Å². The Balaban J connectivity index is 1.74. The van der Waals surface area contributed by atoms with Gasteiger partial charge in [0.1, 0.15) is 5.82 Å². The van der Waals surface area contributed by atoms with Crippen molar-refractivity contribution in [3.63, 3.8) is 0 Å². The standard InChI is InChI=1S/C22H19FN2O2/c23-20-9-2-1-5-16(20)10-11-22(27)25-21(15-26)18-7-3-6-17(13-18)19-8-4-12-24-14-19/h1-14,21,26H,15H2,(H,25,27). The zero-order valence-corrected chi connectivity index (χ0v) is 14.5. The molecule has 0 saturated carbocycles. The van der Waals surface area contributed by atoms with Crippen molar-refractivity contribution in [3.05, 3.63) is 96.1 Å². The van der Waals surface area contributed by atoms with Gasteiger partial charge < -0.3 is 10.4 Å². The van der Waals surface area contributed by atoms with Crippen LogP contribution < -0.4 is 5.32 Å². The summed E-state index contributed by atoms with van der Waals surface area (Å²) in [6.45, 7) is -0.254. The van der Waals surface area contributed by atoms with Crippen molar-refractivity contribution in [2.75, 3.05) is 6.61 Å². The number of rotatable bonds is 6. The molecule has 0 aliphatic heterocycles. The first-order valence-electron chi connectivity index (χ1n) is 8.51. The van der Waals surface area contributed by atoms with Gasteiger partial charge >= 0.3 is 0 Å². The van der Waals surface area contributed by atoms with Gasteiger partial charge in [-0.1, -0.05) is 42.5 Å². The van der Waals surface area contributed by atoms with E-state index in [1.807, 2.05) is 36.4 Å². The molecular formula is C22H19FN2O2. The number of nitrogens with one attached hydrogen (secondary N) is 1. The number of benzene rings is 2. The Morgan fingerprint density at radius 1 is 1.11 bits per heavy atom. The van der Waals surface area contributed by atoms with E-state index in [-0.39, 0.29) is 6.61 Å². The van der Waals surface area contributed by atoms with Gasteiger partial charge in [-0.05, 0) is 41.0 Å². The summed E-state index contributed by atoms with van der Waals surface area (Å²) >= 11 is 0. The molecule has 2 aromatic carbocycles. The molecule has 0 saturated heterocycles. The smallest absolute Gasteiger partial charge is 0.244 e. The Labute approximate surface area is 157 Å². The number of carbonyl (C=O) groups excluding carboxylic acids is 1. The summed E-state index contributed by atoms with van der Waals surface area (Å²) in [6, 6.07) is 17.0. The Morgan fingerprint density at radius 2 is 1.93 bits per heavy atom. The monoisotopic (exact) mass is 362 g/mol. The Bertz CT molecular complexity index is 942. The van der Waals surface area contributed by atoms with E-state index in [2.05, 4.69) is 10.3 Å². The molecule has 1 amide bonds. The summed E-state index contributed by atoms with van der Waals surface area (Å²) in [5.41, 5.74) is 2.98. The second-order valence-corrected chi connectivity index (χ2v) is 5.97. The first-order chi connectivity index (χ1) is 13.2. The first kappa shape index (κ1) is 18.5. The lowest BCUT2D eigenvalue weighted by atomic mass is 10.0. The van der Waals surface area contributed by atoms with Gasteiger partial charge in [-0.25, -0.2) is 4.39 Å². The van der Waals surface area contributed by atoms with E-state index in [1.54, 1.807) is 30.6 Å². The SMILES string of the molecule is O=C(C=Cc1ccccc1F)NC(CO)c1cccc(-c2cccnc2)c1. The fraction of sp³-hybridized carbons (Fsp3) is 0.0909. The molecule has 1 atom stereocenters. The quantitative estimate of drug-likeness (QED) is 0.657. The van der Waals surface area contributed by atoms with Gasteiger partial charge in [0.05, 0.1) is 12.6 Å². The lowest BCUT2D eigenvalue weighted by molar-refractivity contribution is -0.117. The number of halogens is 1. The van der Waals surface area contributed by atoms with Gasteiger partial charge in [0.15, 0.2) is 0 Å². The zero-order valence-electron chi connectivity index (χ0n) is 14.5. The molecule has 2 N–H and O–H groups in total. The van der Waals surface area contributed by atoms with Crippen molar-refractivity contribution in [2.45, 2.75) is 6.04 Å². The lowest BCUT2D eigenvalue weighted by Gasteiger charge is -2.16. The molecule has 4 nitrogen and oxygen atoms in total. The predicted molar refractivity (Wildman–Crippen MR) is 103 cm³/mol. The van der Waals surface area contributed by atoms with Crippen LogP contribution in [0.2, 0.25) is 0 Å². The van der Waals surface area contributed by atoms with Crippen LogP contribution in [0.3, 0.4) is 0 Å². The molecule has 0 aliphatic carbocycles. The summed E-state index contributed by atoms with van der Waals surface area (Å²) in [6.07, 6.45) is 6.12. The molecule has 3 aromatic rings.